The van der Waals surface area contributed by atoms with Crippen molar-refractivity contribution in [1.82, 2.24) is 9.80 Å². The van der Waals surface area contributed by atoms with E-state index in [2.05, 4.69) is 30.6 Å². The molecule has 0 radical (unpaired) electrons. The van der Waals surface area contributed by atoms with Crippen LogP contribution in [0.3, 0.4) is 0 Å². The molecule has 3 heteroatoms. The average molecular weight is 267 g/mol. The van der Waals surface area contributed by atoms with E-state index >= 15 is 0 Å². The first-order chi connectivity index (χ1) is 9.12. The second-order valence-electron chi connectivity index (χ2n) is 6.92. The van der Waals surface area contributed by atoms with E-state index in [4.69, 9.17) is 5.73 Å². The van der Waals surface area contributed by atoms with Gasteiger partial charge in [-0.3, -0.25) is 4.90 Å². The minimum absolute atomic E-state index is 0.288. The van der Waals surface area contributed by atoms with Gasteiger partial charge >= 0.3 is 0 Å². The molecule has 2 N–H and O–H groups in total. The summed E-state index contributed by atoms with van der Waals surface area (Å²) in [6, 6.07) is 0. The van der Waals surface area contributed by atoms with Gasteiger partial charge < -0.3 is 10.6 Å². The van der Waals surface area contributed by atoms with Crippen LogP contribution in [-0.2, 0) is 0 Å². The molecule has 2 fully saturated rings. The Morgan fingerprint density at radius 2 is 1.79 bits per heavy atom. The maximum atomic E-state index is 6.26. The second-order valence-corrected chi connectivity index (χ2v) is 6.92. The maximum Gasteiger partial charge on any atom is 0.0360 e. The minimum atomic E-state index is 0.288. The van der Waals surface area contributed by atoms with Crippen LogP contribution in [0.2, 0.25) is 0 Å². The summed E-state index contributed by atoms with van der Waals surface area (Å²) in [5.41, 5.74) is 6.55. The lowest BCUT2D eigenvalue weighted by molar-refractivity contribution is -0.0316. The van der Waals surface area contributed by atoms with Crippen molar-refractivity contribution in [2.75, 3.05) is 39.3 Å². The number of hydrogen-bond acceptors (Lipinski definition) is 3. The lowest BCUT2D eigenvalue weighted by atomic mass is 9.68. The summed E-state index contributed by atoms with van der Waals surface area (Å²) in [5.74, 6) is 1.60. The van der Waals surface area contributed by atoms with E-state index < -0.39 is 0 Å². The van der Waals surface area contributed by atoms with E-state index in [1.807, 2.05) is 0 Å². The van der Waals surface area contributed by atoms with Gasteiger partial charge in [-0.05, 0) is 37.6 Å². The molecule has 1 aliphatic heterocycles. The van der Waals surface area contributed by atoms with Gasteiger partial charge in [0.25, 0.3) is 0 Å². The maximum absolute atomic E-state index is 6.26. The van der Waals surface area contributed by atoms with Crippen LogP contribution >= 0.6 is 0 Å². The van der Waals surface area contributed by atoms with Gasteiger partial charge in [-0.15, -0.1) is 0 Å². The molecule has 0 spiro atoms. The van der Waals surface area contributed by atoms with E-state index in [1.165, 1.54) is 58.4 Å². The highest BCUT2D eigenvalue weighted by Crippen LogP contribution is 2.40. The van der Waals surface area contributed by atoms with Crippen molar-refractivity contribution in [2.24, 2.45) is 17.6 Å². The molecule has 1 heterocycles. The van der Waals surface area contributed by atoms with Crippen LogP contribution in [0.25, 0.3) is 0 Å². The SMILES string of the molecule is CCCN1CCN(C2(CN)CC(C)CCC2C)CC1. The largest absolute Gasteiger partial charge is 0.329 e. The van der Waals surface area contributed by atoms with Gasteiger partial charge in [-0.2, -0.15) is 0 Å². The molecule has 2 aliphatic rings. The van der Waals surface area contributed by atoms with E-state index in [-0.39, 0.29) is 5.54 Å². The summed E-state index contributed by atoms with van der Waals surface area (Å²) < 4.78 is 0. The van der Waals surface area contributed by atoms with Crippen LogP contribution in [0.1, 0.15) is 46.5 Å². The third-order valence-corrected chi connectivity index (χ3v) is 5.61. The van der Waals surface area contributed by atoms with E-state index in [1.54, 1.807) is 0 Å². The minimum Gasteiger partial charge on any atom is -0.329 e. The fraction of sp³-hybridized carbons (Fsp3) is 1.00. The van der Waals surface area contributed by atoms with Crippen molar-refractivity contribution in [2.45, 2.75) is 52.0 Å². The Hall–Kier alpha value is -0.120. The first-order valence-corrected chi connectivity index (χ1v) is 8.30. The second kappa shape index (κ2) is 6.55. The van der Waals surface area contributed by atoms with Crippen molar-refractivity contribution >= 4 is 0 Å². The Kier molecular flexibility index (Phi) is 5.27. The van der Waals surface area contributed by atoms with Crippen LogP contribution in [-0.4, -0.2) is 54.6 Å². The summed E-state index contributed by atoms with van der Waals surface area (Å²) in [7, 11) is 0. The molecule has 3 nitrogen and oxygen atoms in total. The topological polar surface area (TPSA) is 32.5 Å². The molecule has 0 aromatic carbocycles. The van der Waals surface area contributed by atoms with Crippen molar-refractivity contribution in [1.29, 1.82) is 0 Å². The van der Waals surface area contributed by atoms with Gasteiger partial charge in [0.05, 0.1) is 0 Å². The molecule has 1 saturated carbocycles. The standard InChI is InChI=1S/C16H33N3/c1-4-7-18-8-10-19(11-9-18)16(13-17)12-14(2)5-6-15(16)3/h14-15H,4-13,17H2,1-3H3. The summed E-state index contributed by atoms with van der Waals surface area (Å²) in [4.78, 5) is 5.34. The van der Waals surface area contributed by atoms with Gasteiger partial charge in [0.1, 0.15) is 0 Å². The van der Waals surface area contributed by atoms with Gasteiger partial charge in [-0.1, -0.05) is 27.2 Å². The average Bonchev–Trinajstić information content (AvgIpc) is 2.43. The number of rotatable bonds is 4. The van der Waals surface area contributed by atoms with Crippen molar-refractivity contribution < 1.29 is 0 Å². The molecule has 1 saturated heterocycles. The number of nitrogens with zero attached hydrogens (tertiary/aromatic N) is 2. The fourth-order valence-corrected chi connectivity index (χ4v) is 4.30. The van der Waals surface area contributed by atoms with E-state index in [9.17, 15) is 0 Å². The zero-order valence-electron chi connectivity index (χ0n) is 13.2. The van der Waals surface area contributed by atoms with Gasteiger partial charge in [-0.25, -0.2) is 0 Å². The molecule has 1 aliphatic carbocycles. The van der Waals surface area contributed by atoms with Crippen LogP contribution in [0.5, 0.6) is 0 Å². The molecular weight excluding hydrogens is 234 g/mol. The Morgan fingerprint density at radius 1 is 1.11 bits per heavy atom. The first kappa shape index (κ1) is 15.3. The molecule has 0 aromatic heterocycles. The van der Waals surface area contributed by atoms with Gasteiger partial charge in [0.15, 0.2) is 0 Å². The molecule has 19 heavy (non-hydrogen) atoms. The molecular formula is C16H33N3. The van der Waals surface area contributed by atoms with Crippen molar-refractivity contribution in [3.63, 3.8) is 0 Å². The zero-order chi connectivity index (χ0) is 13.9. The highest BCUT2D eigenvalue weighted by molar-refractivity contribution is 5.01. The Labute approximate surface area is 119 Å². The van der Waals surface area contributed by atoms with Crippen LogP contribution in [0.15, 0.2) is 0 Å². The Bertz CT molecular complexity index is 273. The van der Waals surface area contributed by atoms with Gasteiger partial charge in [0.2, 0.25) is 0 Å². The smallest absolute Gasteiger partial charge is 0.0360 e. The molecule has 2 rings (SSSR count). The normalized spacial score (nSPS) is 38.5. The molecule has 0 amide bonds. The number of piperazine rings is 1. The zero-order valence-corrected chi connectivity index (χ0v) is 13.2. The fourth-order valence-electron chi connectivity index (χ4n) is 4.30. The Morgan fingerprint density at radius 3 is 2.37 bits per heavy atom. The molecule has 112 valence electrons. The van der Waals surface area contributed by atoms with E-state index in [0.29, 0.717) is 0 Å². The van der Waals surface area contributed by atoms with Crippen LogP contribution in [0, 0.1) is 11.8 Å². The van der Waals surface area contributed by atoms with Crippen molar-refractivity contribution in [3.8, 4) is 0 Å². The summed E-state index contributed by atoms with van der Waals surface area (Å²) >= 11 is 0. The van der Waals surface area contributed by atoms with Crippen molar-refractivity contribution in [3.05, 3.63) is 0 Å². The monoisotopic (exact) mass is 267 g/mol. The van der Waals surface area contributed by atoms with Crippen LogP contribution < -0.4 is 5.73 Å². The first-order valence-electron chi connectivity index (χ1n) is 8.30. The highest BCUT2D eigenvalue weighted by Gasteiger charge is 2.44. The Balaban J connectivity index is 2.01. The predicted molar refractivity (Wildman–Crippen MR) is 82.3 cm³/mol. The van der Waals surface area contributed by atoms with E-state index in [0.717, 1.165) is 18.4 Å². The van der Waals surface area contributed by atoms with Gasteiger partial charge in [0, 0.05) is 38.3 Å². The lowest BCUT2D eigenvalue weighted by Gasteiger charge is -2.54. The summed E-state index contributed by atoms with van der Waals surface area (Å²) in [6.07, 6.45) is 5.32. The highest BCUT2D eigenvalue weighted by atomic mass is 15.3. The predicted octanol–water partition coefficient (Wildman–Crippen LogP) is 2.17. The lowest BCUT2D eigenvalue weighted by Crippen LogP contribution is -2.64. The van der Waals surface area contributed by atoms with Crippen LogP contribution in [0.4, 0.5) is 0 Å². The third kappa shape index (κ3) is 3.14. The molecule has 0 aromatic rings. The summed E-state index contributed by atoms with van der Waals surface area (Å²) in [6.45, 7) is 14.1. The number of hydrogen-bond donors (Lipinski definition) is 1. The molecule has 0 bridgehead atoms. The molecule has 3 atom stereocenters. The molecule has 3 unspecified atom stereocenters. The summed E-state index contributed by atoms with van der Waals surface area (Å²) in [5, 5.41) is 0. The number of nitrogens with two attached hydrogens (primary N) is 1. The quantitative estimate of drug-likeness (QED) is 0.847. The third-order valence-electron chi connectivity index (χ3n) is 5.61.